The second-order valence-electron chi connectivity index (χ2n) is 7.52. The number of carbonyl (C=O) groups is 1. The van der Waals surface area contributed by atoms with Crippen molar-refractivity contribution in [1.82, 2.24) is 19.9 Å². The molecule has 1 amide bonds. The van der Waals surface area contributed by atoms with E-state index in [1.165, 1.54) is 5.56 Å². The number of aromatic nitrogens is 2. The summed E-state index contributed by atoms with van der Waals surface area (Å²) in [5.41, 5.74) is 2.71. The van der Waals surface area contributed by atoms with Crippen LogP contribution in [0.5, 0.6) is 11.5 Å². The fourth-order valence-corrected chi connectivity index (χ4v) is 3.59. The summed E-state index contributed by atoms with van der Waals surface area (Å²) in [7, 11) is 3.14. The Morgan fingerprint density at radius 1 is 1.00 bits per heavy atom. The Bertz CT molecular complexity index is 1040. The number of rotatable bonds is 6. The third-order valence-electron chi connectivity index (χ3n) is 5.43. The average molecular weight is 422 g/mol. The van der Waals surface area contributed by atoms with E-state index in [-0.39, 0.29) is 5.91 Å². The van der Waals surface area contributed by atoms with E-state index in [0.29, 0.717) is 48.4 Å². The van der Waals surface area contributed by atoms with Gasteiger partial charge in [0.25, 0.3) is 5.91 Å². The van der Waals surface area contributed by atoms with Crippen molar-refractivity contribution in [3.63, 3.8) is 0 Å². The summed E-state index contributed by atoms with van der Waals surface area (Å²) in [6.07, 6.45) is 0. The third kappa shape index (κ3) is 4.69. The highest BCUT2D eigenvalue weighted by Gasteiger charge is 2.24. The molecule has 162 valence electrons. The van der Waals surface area contributed by atoms with Gasteiger partial charge >= 0.3 is 0 Å². The van der Waals surface area contributed by atoms with Crippen LogP contribution in [0.15, 0.2) is 47.0 Å². The van der Waals surface area contributed by atoms with E-state index in [2.05, 4.69) is 15.0 Å². The molecule has 0 spiro atoms. The lowest BCUT2D eigenvalue weighted by molar-refractivity contribution is 0.0614. The zero-order valence-corrected chi connectivity index (χ0v) is 18.0. The number of amides is 1. The van der Waals surface area contributed by atoms with Crippen molar-refractivity contribution in [2.45, 2.75) is 13.5 Å². The van der Waals surface area contributed by atoms with Crippen LogP contribution in [0.25, 0.3) is 11.4 Å². The smallest absolute Gasteiger partial charge is 0.254 e. The van der Waals surface area contributed by atoms with E-state index >= 15 is 0 Å². The van der Waals surface area contributed by atoms with Crippen molar-refractivity contribution in [2.75, 3.05) is 40.4 Å². The first kappa shape index (κ1) is 20.9. The lowest BCUT2D eigenvalue weighted by Crippen LogP contribution is -2.48. The van der Waals surface area contributed by atoms with Crippen molar-refractivity contribution in [3.8, 4) is 22.9 Å². The molecule has 0 N–H and O–H groups in total. The van der Waals surface area contributed by atoms with Crippen LogP contribution in [-0.4, -0.2) is 66.2 Å². The van der Waals surface area contributed by atoms with Gasteiger partial charge in [-0.1, -0.05) is 35.0 Å². The Labute approximate surface area is 181 Å². The minimum absolute atomic E-state index is 0.0138. The van der Waals surface area contributed by atoms with Crippen molar-refractivity contribution < 1.29 is 18.8 Å². The molecule has 31 heavy (non-hydrogen) atoms. The maximum absolute atomic E-state index is 12.9. The summed E-state index contributed by atoms with van der Waals surface area (Å²) in [6.45, 7) is 5.35. The number of methoxy groups -OCH3 is 2. The molecule has 1 aliphatic heterocycles. The quantitative estimate of drug-likeness (QED) is 0.604. The Morgan fingerprint density at radius 3 is 2.39 bits per heavy atom. The van der Waals surface area contributed by atoms with Crippen molar-refractivity contribution in [1.29, 1.82) is 0 Å². The van der Waals surface area contributed by atoms with Crippen molar-refractivity contribution >= 4 is 5.91 Å². The molecule has 0 bridgehead atoms. The molecule has 0 saturated carbocycles. The summed E-state index contributed by atoms with van der Waals surface area (Å²) < 4.78 is 16.0. The molecule has 0 atom stereocenters. The van der Waals surface area contributed by atoms with Gasteiger partial charge in [0.05, 0.1) is 20.8 Å². The largest absolute Gasteiger partial charge is 0.493 e. The van der Waals surface area contributed by atoms with E-state index < -0.39 is 0 Å². The monoisotopic (exact) mass is 422 g/mol. The Balaban J connectivity index is 1.34. The molecule has 2 heterocycles. The van der Waals surface area contributed by atoms with Crippen molar-refractivity contribution in [3.05, 3.63) is 59.5 Å². The normalized spacial score (nSPS) is 14.5. The predicted molar refractivity (Wildman–Crippen MR) is 115 cm³/mol. The number of hydrogen-bond acceptors (Lipinski definition) is 7. The first-order valence-electron chi connectivity index (χ1n) is 10.2. The molecule has 0 aliphatic carbocycles. The maximum Gasteiger partial charge on any atom is 0.254 e. The van der Waals surface area contributed by atoms with E-state index in [1.54, 1.807) is 32.4 Å². The van der Waals surface area contributed by atoms with Crippen LogP contribution in [0.3, 0.4) is 0 Å². The molecular weight excluding hydrogens is 396 g/mol. The van der Waals surface area contributed by atoms with Gasteiger partial charge < -0.3 is 18.9 Å². The summed E-state index contributed by atoms with van der Waals surface area (Å²) in [4.78, 5) is 21.5. The average Bonchev–Trinajstić information content (AvgIpc) is 3.27. The summed E-state index contributed by atoms with van der Waals surface area (Å²) in [5.74, 6) is 2.31. The van der Waals surface area contributed by atoms with Gasteiger partial charge in [0.15, 0.2) is 11.5 Å². The van der Waals surface area contributed by atoms with Gasteiger partial charge in [0, 0.05) is 37.3 Å². The summed E-state index contributed by atoms with van der Waals surface area (Å²) in [5, 5.41) is 4.10. The molecule has 1 aromatic heterocycles. The minimum atomic E-state index is -0.0138. The van der Waals surface area contributed by atoms with Crippen LogP contribution < -0.4 is 9.47 Å². The van der Waals surface area contributed by atoms with Crippen LogP contribution in [0.4, 0.5) is 0 Å². The van der Waals surface area contributed by atoms with E-state index in [1.807, 2.05) is 36.1 Å². The number of carbonyl (C=O) groups excluding carboxylic acids is 1. The molecule has 8 heteroatoms. The molecule has 4 rings (SSSR count). The fraction of sp³-hybridized carbons (Fsp3) is 0.348. The fourth-order valence-electron chi connectivity index (χ4n) is 3.59. The lowest BCUT2D eigenvalue weighted by atomic mass is 10.1. The predicted octanol–water partition coefficient (Wildman–Crippen LogP) is 3.02. The van der Waals surface area contributed by atoms with Crippen LogP contribution in [-0.2, 0) is 6.54 Å². The van der Waals surface area contributed by atoms with Crippen LogP contribution in [0.2, 0.25) is 0 Å². The van der Waals surface area contributed by atoms with Gasteiger partial charge in [-0.05, 0) is 25.1 Å². The number of nitrogens with zero attached hydrogens (tertiary/aromatic N) is 4. The highest BCUT2D eigenvalue weighted by atomic mass is 16.5. The van der Waals surface area contributed by atoms with Crippen LogP contribution in [0, 0.1) is 6.92 Å². The molecule has 0 unspecified atom stereocenters. The standard InChI is InChI=1S/C23H26N4O4/c1-16-4-6-17(7-5-16)22-24-21(31-25-22)15-26-10-12-27(13-11-26)23(28)18-8-9-19(29-2)20(14-18)30-3/h4-9,14H,10-13,15H2,1-3H3. The Morgan fingerprint density at radius 2 is 1.71 bits per heavy atom. The van der Waals surface area contributed by atoms with Gasteiger partial charge in [-0.25, -0.2) is 0 Å². The second kappa shape index (κ2) is 9.18. The molecule has 1 aliphatic rings. The molecule has 3 aromatic rings. The van der Waals surface area contributed by atoms with Gasteiger partial charge in [-0.15, -0.1) is 0 Å². The highest BCUT2D eigenvalue weighted by Crippen LogP contribution is 2.28. The summed E-state index contributed by atoms with van der Waals surface area (Å²) in [6, 6.07) is 13.3. The van der Waals surface area contributed by atoms with Crippen molar-refractivity contribution in [2.24, 2.45) is 0 Å². The zero-order valence-electron chi connectivity index (χ0n) is 18.0. The minimum Gasteiger partial charge on any atom is -0.493 e. The molecule has 0 radical (unpaired) electrons. The van der Waals surface area contributed by atoms with E-state index in [9.17, 15) is 4.79 Å². The van der Waals surface area contributed by atoms with E-state index in [0.717, 1.165) is 18.7 Å². The van der Waals surface area contributed by atoms with Gasteiger partial charge in [-0.2, -0.15) is 4.98 Å². The SMILES string of the molecule is COc1ccc(C(=O)N2CCN(Cc3nc(-c4ccc(C)cc4)no3)CC2)cc1OC. The van der Waals surface area contributed by atoms with Gasteiger partial charge in [0.2, 0.25) is 11.7 Å². The van der Waals surface area contributed by atoms with Crippen LogP contribution in [0.1, 0.15) is 21.8 Å². The Kier molecular flexibility index (Phi) is 6.18. The number of benzene rings is 2. The molecule has 1 saturated heterocycles. The molecule has 8 nitrogen and oxygen atoms in total. The molecular formula is C23H26N4O4. The van der Waals surface area contributed by atoms with Gasteiger partial charge in [-0.3, -0.25) is 9.69 Å². The number of ether oxygens (including phenoxy) is 2. The topological polar surface area (TPSA) is 80.9 Å². The first-order chi connectivity index (χ1) is 15.1. The Hall–Kier alpha value is -3.39. The lowest BCUT2D eigenvalue weighted by Gasteiger charge is -2.34. The van der Waals surface area contributed by atoms with E-state index in [4.69, 9.17) is 14.0 Å². The number of aryl methyl sites for hydroxylation is 1. The summed E-state index contributed by atoms with van der Waals surface area (Å²) >= 11 is 0. The highest BCUT2D eigenvalue weighted by molar-refractivity contribution is 5.95. The van der Waals surface area contributed by atoms with Crippen LogP contribution >= 0.6 is 0 Å². The van der Waals surface area contributed by atoms with Gasteiger partial charge in [0.1, 0.15) is 0 Å². The number of hydrogen-bond donors (Lipinski definition) is 0. The molecule has 1 fully saturated rings. The third-order valence-corrected chi connectivity index (χ3v) is 5.43. The molecule has 2 aromatic carbocycles. The first-order valence-corrected chi connectivity index (χ1v) is 10.2. The number of piperazine rings is 1. The zero-order chi connectivity index (χ0) is 21.8. The second-order valence-corrected chi connectivity index (χ2v) is 7.52. The maximum atomic E-state index is 12.9.